The van der Waals surface area contributed by atoms with E-state index >= 15 is 0 Å². The SMILES string of the molecule is CCNC(=NCCCCOCC)NCCOc1ccc(Cl)cc1.I. The molecule has 0 fully saturated rings. The number of halogens is 2. The number of ether oxygens (including phenoxy) is 2. The number of aliphatic imine (C=N–C) groups is 1. The van der Waals surface area contributed by atoms with Gasteiger partial charge in [0.15, 0.2) is 5.96 Å². The van der Waals surface area contributed by atoms with Gasteiger partial charge in [-0.25, -0.2) is 0 Å². The number of nitrogens with zero attached hydrogens (tertiary/aromatic N) is 1. The smallest absolute Gasteiger partial charge is 0.191 e. The molecule has 0 spiro atoms. The molecular weight excluding hydrogens is 441 g/mol. The van der Waals surface area contributed by atoms with E-state index in [1.807, 2.05) is 31.2 Å². The van der Waals surface area contributed by atoms with Crippen molar-refractivity contribution in [2.24, 2.45) is 4.99 Å². The van der Waals surface area contributed by atoms with Crippen molar-refractivity contribution in [1.82, 2.24) is 10.6 Å². The monoisotopic (exact) mass is 469 g/mol. The second kappa shape index (κ2) is 15.8. The van der Waals surface area contributed by atoms with Crippen molar-refractivity contribution in [2.45, 2.75) is 26.7 Å². The molecule has 7 heteroatoms. The predicted octanol–water partition coefficient (Wildman–Crippen LogP) is 3.71. The molecule has 0 saturated carbocycles. The maximum Gasteiger partial charge on any atom is 0.191 e. The lowest BCUT2D eigenvalue weighted by molar-refractivity contribution is 0.144. The second-order valence-corrected chi connectivity index (χ2v) is 5.33. The van der Waals surface area contributed by atoms with Gasteiger partial charge in [-0.05, 0) is 51.0 Å². The Kier molecular flexibility index (Phi) is 15.3. The van der Waals surface area contributed by atoms with Crippen molar-refractivity contribution in [2.75, 3.05) is 39.5 Å². The Balaban J connectivity index is 0.00000529. The van der Waals surface area contributed by atoms with E-state index in [0.29, 0.717) is 18.2 Å². The van der Waals surface area contributed by atoms with E-state index in [-0.39, 0.29) is 24.0 Å². The van der Waals surface area contributed by atoms with Crippen molar-refractivity contribution in [1.29, 1.82) is 0 Å². The van der Waals surface area contributed by atoms with Gasteiger partial charge in [-0.1, -0.05) is 11.6 Å². The topological polar surface area (TPSA) is 54.9 Å². The lowest BCUT2D eigenvalue weighted by Gasteiger charge is -2.12. The van der Waals surface area contributed by atoms with Crippen LogP contribution in [0.5, 0.6) is 5.75 Å². The van der Waals surface area contributed by atoms with Crippen molar-refractivity contribution in [3.05, 3.63) is 29.3 Å². The summed E-state index contributed by atoms with van der Waals surface area (Å²) in [5, 5.41) is 7.20. The second-order valence-electron chi connectivity index (χ2n) is 4.89. The predicted molar refractivity (Wildman–Crippen MR) is 112 cm³/mol. The van der Waals surface area contributed by atoms with Crippen LogP contribution in [0.2, 0.25) is 5.02 Å². The quantitative estimate of drug-likeness (QED) is 0.225. The zero-order chi connectivity index (χ0) is 16.8. The molecule has 0 aromatic heterocycles. The van der Waals surface area contributed by atoms with Crippen LogP contribution in [-0.2, 0) is 4.74 Å². The largest absolute Gasteiger partial charge is 0.492 e. The van der Waals surface area contributed by atoms with Gasteiger partial charge in [0.05, 0.1) is 6.54 Å². The van der Waals surface area contributed by atoms with Crippen LogP contribution in [0.1, 0.15) is 26.7 Å². The van der Waals surface area contributed by atoms with Gasteiger partial charge in [-0.2, -0.15) is 0 Å². The zero-order valence-electron chi connectivity index (χ0n) is 14.5. The van der Waals surface area contributed by atoms with E-state index in [2.05, 4.69) is 22.5 Å². The summed E-state index contributed by atoms with van der Waals surface area (Å²) in [5.41, 5.74) is 0. The molecule has 1 aromatic carbocycles. The molecule has 1 aromatic rings. The summed E-state index contributed by atoms with van der Waals surface area (Å²) >= 11 is 5.84. The molecule has 0 unspecified atom stereocenters. The molecule has 0 heterocycles. The molecular formula is C17H29ClIN3O2. The van der Waals surface area contributed by atoms with Crippen LogP contribution in [0.4, 0.5) is 0 Å². The summed E-state index contributed by atoms with van der Waals surface area (Å²) in [6.45, 7) is 8.53. The van der Waals surface area contributed by atoms with Crippen molar-refractivity contribution >= 4 is 41.5 Å². The van der Waals surface area contributed by atoms with Gasteiger partial charge in [-0.15, -0.1) is 24.0 Å². The number of benzene rings is 1. The first kappa shape index (κ1) is 23.3. The summed E-state index contributed by atoms with van der Waals surface area (Å²) in [5.74, 6) is 1.64. The van der Waals surface area contributed by atoms with Crippen LogP contribution in [0.25, 0.3) is 0 Å². The van der Waals surface area contributed by atoms with E-state index in [4.69, 9.17) is 21.1 Å². The molecule has 5 nitrogen and oxygen atoms in total. The molecule has 138 valence electrons. The van der Waals surface area contributed by atoms with Crippen LogP contribution in [0, 0.1) is 0 Å². The van der Waals surface area contributed by atoms with E-state index in [0.717, 1.165) is 50.9 Å². The summed E-state index contributed by atoms with van der Waals surface area (Å²) in [6.07, 6.45) is 2.06. The lowest BCUT2D eigenvalue weighted by Crippen LogP contribution is -2.39. The van der Waals surface area contributed by atoms with Gasteiger partial charge in [0, 0.05) is 31.3 Å². The fraction of sp³-hybridized carbons (Fsp3) is 0.588. The van der Waals surface area contributed by atoms with Crippen LogP contribution >= 0.6 is 35.6 Å². The van der Waals surface area contributed by atoms with Crippen molar-refractivity contribution < 1.29 is 9.47 Å². The van der Waals surface area contributed by atoms with Gasteiger partial charge in [-0.3, -0.25) is 4.99 Å². The van der Waals surface area contributed by atoms with Crippen LogP contribution in [0.3, 0.4) is 0 Å². The Morgan fingerprint density at radius 1 is 1.08 bits per heavy atom. The lowest BCUT2D eigenvalue weighted by atomic mass is 10.3. The molecule has 0 atom stereocenters. The average Bonchev–Trinajstić information content (AvgIpc) is 2.56. The third kappa shape index (κ3) is 11.8. The van der Waals surface area contributed by atoms with Crippen LogP contribution < -0.4 is 15.4 Å². The molecule has 0 aliphatic carbocycles. The number of hydrogen-bond donors (Lipinski definition) is 2. The number of nitrogens with one attached hydrogen (secondary N) is 2. The highest BCUT2D eigenvalue weighted by atomic mass is 127. The van der Waals surface area contributed by atoms with Crippen molar-refractivity contribution in [3.63, 3.8) is 0 Å². The van der Waals surface area contributed by atoms with Crippen molar-refractivity contribution in [3.8, 4) is 5.75 Å². The summed E-state index contributed by atoms with van der Waals surface area (Å²) in [7, 11) is 0. The van der Waals surface area contributed by atoms with Gasteiger partial charge in [0.2, 0.25) is 0 Å². The Labute approximate surface area is 167 Å². The Bertz CT molecular complexity index is 444. The normalized spacial score (nSPS) is 10.9. The standard InChI is InChI=1S/C17H28ClN3O2.HI/c1-3-19-17(20-11-5-6-13-22-4-2)21-12-14-23-16-9-7-15(18)8-10-16;/h7-10H,3-6,11-14H2,1-2H3,(H2,19,20,21);1H. The molecule has 0 aliphatic heterocycles. The Morgan fingerprint density at radius 3 is 2.50 bits per heavy atom. The molecule has 24 heavy (non-hydrogen) atoms. The van der Waals surface area contributed by atoms with Gasteiger partial charge in [0.1, 0.15) is 12.4 Å². The van der Waals surface area contributed by atoms with E-state index in [1.54, 1.807) is 0 Å². The number of guanidine groups is 1. The third-order valence-corrected chi connectivity index (χ3v) is 3.24. The summed E-state index contributed by atoms with van der Waals surface area (Å²) < 4.78 is 11.0. The fourth-order valence-corrected chi connectivity index (χ4v) is 1.99. The van der Waals surface area contributed by atoms with Gasteiger partial charge in [0.25, 0.3) is 0 Å². The summed E-state index contributed by atoms with van der Waals surface area (Å²) in [6, 6.07) is 7.36. The Hall–Kier alpha value is -0.730. The average molecular weight is 470 g/mol. The Morgan fingerprint density at radius 2 is 1.83 bits per heavy atom. The summed E-state index contributed by atoms with van der Waals surface area (Å²) in [4.78, 5) is 4.53. The molecule has 0 radical (unpaired) electrons. The van der Waals surface area contributed by atoms with E-state index < -0.39 is 0 Å². The number of rotatable bonds is 11. The van der Waals surface area contributed by atoms with Gasteiger partial charge < -0.3 is 20.1 Å². The highest BCUT2D eigenvalue weighted by molar-refractivity contribution is 14.0. The first-order valence-electron chi connectivity index (χ1n) is 8.24. The first-order valence-corrected chi connectivity index (χ1v) is 8.62. The maximum absolute atomic E-state index is 5.84. The van der Waals surface area contributed by atoms with Gasteiger partial charge >= 0.3 is 0 Å². The minimum atomic E-state index is 0. The zero-order valence-corrected chi connectivity index (χ0v) is 17.6. The number of unbranched alkanes of at least 4 members (excludes halogenated alkanes) is 1. The highest BCUT2D eigenvalue weighted by Crippen LogP contribution is 2.14. The fourth-order valence-electron chi connectivity index (χ4n) is 1.86. The number of hydrogen-bond acceptors (Lipinski definition) is 3. The minimum Gasteiger partial charge on any atom is -0.492 e. The molecule has 1 rings (SSSR count). The molecule has 0 amide bonds. The molecule has 2 N–H and O–H groups in total. The van der Waals surface area contributed by atoms with E-state index in [1.165, 1.54) is 0 Å². The van der Waals surface area contributed by atoms with E-state index in [9.17, 15) is 0 Å². The maximum atomic E-state index is 5.84. The minimum absolute atomic E-state index is 0. The molecule has 0 saturated heterocycles. The molecule has 0 aliphatic rings. The first-order chi connectivity index (χ1) is 11.3. The van der Waals surface area contributed by atoms with Crippen LogP contribution in [-0.4, -0.2) is 45.4 Å². The third-order valence-electron chi connectivity index (χ3n) is 2.99. The van der Waals surface area contributed by atoms with Crippen LogP contribution in [0.15, 0.2) is 29.3 Å². The highest BCUT2D eigenvalue weighted by Gasteiger charge is 1.98. The molecule has 0 bridgehead atoms.